The van der Waals surface area contributed by atoms with Gasteiger partial charge in [-0.15, -0.1) is 0 Å². The van der Waals surface area contributed by atoms with Crippen LogP contribution in [0.15, 0.2) is 0 Å². The van der Waals surface area contributed by atoms with Gasteiger partial charge in [-0.05, 0) is 6.42 Å². The molecule has 0 saturated heterocycles. The molecule has 0 aliphatic rings. The molecule has 1 N–H and O–H groups in total. The fourth-order valence-corrected chi connectivity index (χ4v) is 2.47. The largest absolute Gasteiger partial charge is 0.481 e. The molecule has 0 unspecified atom stereocenters. The van der Waals surface area contributed by atoms with E-state index in [1.54, 1.807) is 0 Å². The Labute approximate surface area is 120 Å². The fourth-order valence-electron chi connectivity index (χ4n) is 2.47. The summed E-state index contributed by atoms with van der Waals surface area (Å²) in [5.74, 6) is -0.654. The Bertz CT molecular complexity index is 190. The fraction of sp³-hybridized carbons (Fsp3) is 0.941. The second-order valence-corrected chi connectivity index (χ2v) is 5.74. The summed E-state index contributed by atoms with van der Waals surface area (Å²) in [5.41, 5.74) is 0. The van der Waals surface area contributed by atoms with E-state index in [9.17, 15) is 4.79 Å². The van der Waals surface area contributed by atoms with Crippen molar-refractivity contribution >= 4 is 5.97 Å². The molecule has 0 aromatic heterocycles. The highest BCUT2D eigenvalue weighted by molar-refractivity contribution is 5.66. The van der Waals surface area contributed by atoms with Crippen molar-refractivity contribution in [2.45, 2.75) is 103 Å². The molecule has 19 heavy (non-hydrogen) atoms. The highest BCUT2D eigenvalue weighted by Gasteiger charge is 1.96. The van der Waals surface area contributed by atoms with Crippen LogP contribution in [0.25, 0.3) is 0 Å². The van der Waals surface area contributed by atoms with Gasteiger partial charge in [0.25, 0.3) is 0 Å². The maximum absolute atomic E-state index is 10.3. The van der Waals surface area contributed by atoms with Gasteiger partial charge in [0.2, 0.25) is 0 Å². The third-order valence-electron chi connectivity index (χ3n) is 3.74. The van der Waals surface area contributed by atoms with Crippen molar-refractivity contribution in [3.05, 3.63) is 0 Å². The number of carboxylic acid groups (broad SMARTS) is 1. The van der Waals surface area contributed by atoms with Gasteiger partial charge >= 0.3 is 5.97 Å². The van der Waals surface area contributed by atoms with Crippen LogP contribution >= 0.6 is 0 Å². The topological polar surface area (TPSA) is 37.3 Å². The zero-order chi connectivity index (χ0) is 14.2. The maximum atomic E-state index is 10.3. The monoisotopic (exact) mass is 272 g/mol. The maximum Gasteiger partial charge on any atom is 0.303 e. The van der Waals surface area contributed by atoms with E-state index >= 15 is 0 Å². The minimum Gasteiger partial charge on any atom is -0.481 e. The Kier molecular flexibility index (Phi) is 15.1. The van der Waals surface area contributed by atoms with E-state index in [0.717, 1.165) is 12.8 Å². The van der Waals surface area contributed by atoms with Crippen LogP contribution in [0, 0.1) is 0 Å². The van der Waals surface area contributed by atoms with Crippen molar-refractivity contribution in [2.75, 3.05) is 0 Å². The highest BCUT2D eigenvalue weighted by atomic mass is 16.6. The van der Waals surface area contributed by atoms with Gasteiger partial charge in [-0.1, -0.05) is 90.4 Å². The number of hydrogen-bond acceptors (Lipinski definition) is 1. The molecule has 2 nitrogen and oxygen atoms in total. The second kappa shape index (κ2) is 15.5. The quantitative estimate of drug-likeness (QED) is 0.374. The van der Waals surface area contributed by atoms with Crippen LogP contribution in [-0.2, 0) is 4.79 Å². The summed E-state index contributed by atoms with van der Waals surface area (Å²) in [5, 5.41) is 8.50. The molecule has 0 aliphatic heterocycles. The van der Waals surface area contributed by atoms with Gasteiger partial charge in [-0.3, -0.25) is 4.79 Å². The molecule has 0 amide bonds. The molecule has 0 fully saturated rings. The Morgan fingerprint density at radius 2 is 0.947 bits per heavy atom. The van der Waals surface area contributed by atoms with Gasteiger partial charge < -0.3 is 5.11 Å². The molecule has 0 aromatic rings. The second-order valence-electron chi connectivity index (χ2n) is 5.74. The lowest BCUT2D eigenvalue weighted by Gasteiger charge is -2.02. The van der Waals surface area contributed by atoms with Gasteiger partial charge in [-0.2, -0.15) is 0 Å². The molecule has 0 rings (SSSR count). The first-order valence-corrected chi connectivity index (χ1v) is 8.49. The van der Waals surface area contributed by atoms with Gasteiger partial charge in [0.15, 0.2) is 0 Å². The number of carboxylic acids is 1. The third-order valence-corrected chi connectivity index (χ3v) is 3.74. The molecule has 0 bridgehead atoms. The van der Waals surface area contributed by atoms with Crippen LogP contribution in [0.5, 0.6) is 0 Å². The minimum atomic E-state index is -0.654. The first-order chi connectivity index (χ1) is 9.27. The summed E-state index contributed by atoms with van der Waals surface area (Å²) in [4.78, 5) is 10.3. The lowest BCUT2D eigenvalue weighted by Crippen LogP contribution is -1.93. The van der Waals surface area contributed by atoms with Crippen molar-refractivity contribution < 1.29 is 9.90 Å². The molecule has 0 atom stereocenters. The van der Waals surface area contributed by atoms with Crippen molar-refractivity contribution in [3.63, 3.8) is 0 Å². The number of carbonyl (C=O) groups is 1. The van der Waals surface area contributed by atoms with Crippen molar-refractivity contribution in [1.29, 1.82) is 0 Å². The number of aliphatic carboxylic acids is 1. The normalized spacial score (nSPS) is 10.8. The zero-order valence-corrected chi connectivity index (χ0v) is 13.0. The summed E-state index contributed by atoms with van der Waals surface area (Å²) in [6, 6.07) is 0. The lowest BCUT2D eigenvalue weighted by molar-refractivity contribution is -0.137. The Morgan fingerprint density at radius 3 is 1.26 bits per heavy atom. The molecule has 0 radical (unpaired) electrons. The molecule has 0 aliphatic carbocycles. The average molecular weight is 272 g/mol. The van der Waals surface area contributed by atoms with Gasteiger partial charge in [0, 0.05) is 6.42 Å². The molecule has 0 heterocycles. The first kappa shape index (κ1) is 18.5. The van der Waals surface area contributed by atoms with E-state index in [2.05, 4.69) is 6.92 Å². The molecular formula is C17H34O2. The molecule has 0 saturated carbocycles. The summed E-state index contributed by atoms with van der Waals surface area (Å²) in [6.07, 6.45) is 18.7. The first-order valence-electron chi connectivity index (χ1n) is 8.49. The van der Waals surface area contributed by atoms with E-state index in [1.165, 1.54) is 77.0 Å². The Hall–Kier alpha value is -0.530. The summed E-state index contributed by atoms with van der Waals surface area (Å²) in [6.45, 7) is 2.27. The minimum absolute atomic E-state index is 0.345. The Morgan fingerprint density at radius 1 is 0.632 bits per heavy atom. The van der Waals surface area contributed by atoms with Gasteiger partial charge in [0.05, 0.1) is 0 Å². The molecule has 114 valence electrons. The van der Waals surface area contributed by atoms with Gasteiger partial charge in [0.1, 0.15) is 0 Å². The van der Waals surface area contributed by atoms with E-state index in [1.807, 2.05) is 0 Å². The predicted octanol–water partition coefficient (Wildman–Crippen LogP) is 5.94. The van der Waals surface area contributed by atoms with E-state index < -0.39 is 5.97 Å². The summed E-state index contributed by atoms with van der Waals surface area (Å²) < 4.78 is 0. The molecule has 2 heteroatoms. The Balaban J connectivity index is 2.93. The predicted molar refractivity (Wildman–Crippen MR) is 82.6 cm³/mol. The standard InChI is InChI=1S/C17H34O2/c1-2-3-4-5-6-7-8-9-10-11-12-13-14-15-16-17(18)19/h2-16H2,1H3,(H,18,19)/i17+2. The van der Waals surface area contributed by atoms with Crippen LogP contribution < -0.4 is 0 Å². The van der Waals surface area contributed by atoms with E-state index in [0.29, 0.717) is 6.42 Å². The van der Waals surface area contributed by atoms with Gasteiger partial charge in [-0.25, -0.2) is 0 Å². The van der Waals surface area contributed by atoms with Crippen molar-refractivity contribution in [2.24, 2.45) is 0 Å². The lowest BCUT2D eigenvalue weighted by atomic mass is 10.0. The van der Waals surface area contributed by atoms with E-state index in [-0.39, 0.29) is 0 Å². The molecule has 0 spiro atoms. The summed E-state index contributed by atoms with van der Waals surface area (Å²) >= 11 is 0. The van der Waals surface area contributed by atoms with Crippen LogP contribution in [0.1, 0.15) is 103 Å². The van der Waals surface area contributed by atoms with Crippen molar-refractivity contribution in [1.82, 2.24) is 0 Å². The van der Waals surface area contributed by atoms with Crippen LogP contribution in [0.3, 0.4) is 0 Å². The average Bonchev–Trinajstić information content (AvgIpc) is 2.39. The summed E-state index contributed by atoms with van der Waals surface area (Å²) in [7, 11) is 0. The van der Waals surface area contributed by atoms with Crippen LogP contribution in [0.4, 0.5) is 0 Å². The smallest absolute Gasteiger partial charge is 0.303 e. The van der Waals surface area contributed by atoms with Crippen LogP contribution in [0.2, 0.25) is 0 Å². The third kappa shape index (κ3) is 17.5. The number of rotatable bonds is 15. The molecular weight excluding hydrogens is 238 g/mol. The number of unbranched alkanes of at least 4 members (excludes halogenated alkanes) is 13. The SMILES string of the molecule is CCCCCCCCCCCCCCCC[14C](=O)O. The molecule has 0 aromatic carbocycles. The van der Waals surface area contributed by atoms with Crippen molar-refractivity contribution in [3.8, 4) is 0 Å². The van der Waals surface area contributed by atoms with Crippen LogP contribution in [-0.4, -0.2) is 11.1 Å². The highest BCUT2D eigenvalue weighted by Crippen LogP contribution is 2.13. The number of hydrogen-bond donors (Lipinski definition) is 1. The zero-order valence-electron chi connectivity index (χ0n) is 13.0. The van der Waals surface area contributed by atoms with E-state index in [4.69, 9.17) is 5.11 Å².